The molecule has 68 valence electrons. The third-order valence-electron chi connectivity index (χ3n) is 3.76. The van der Waals surface area contributed by atoms with Crippen molar-refractivity contribution in [1.29, 1.82) is 0 Å². The van der Waals surface area contributed by atoms with Crippen molar-refractivity contribution >= 4 is 0 Å². The van der Waals surface area contributed by atoms with E-state index in [1.165, 1.54) is 39.0 Å². The van der Waals surface area contributed by atoms with E-state index in [9.17, 15) is 0 Å². The minimum Gasteiger partial charge on any atom is -0.306 e. The van der Waals surface area contributed by atoms with E-state index in [-0.39, 0.29) is 0 Å². The topological polar surface area (TPSA) is 6.48 Å². The van der Waals surface area contributed by atoms with Gasteiger partial charge in [0.1, 0.15) is 0 Å². The summed E-state index contributed by atoms with van der Waals surface area (Å²) in [7, 11) is 2.26. The van der Waals surface area contributed by atoms with Crippen molar-refractivity contribution in [2.45, 2.75) is 18.9 Å². The smallest absolute Gasteiger partial charge is 0.00966 e. The Kier molecular flexibility index (Phi) is 1.50. The van der Waals surface area contributed by atoms with Gasteiger partial charge in [-0.1, -0.05) is 0 Å². The molecule has 3 aliphatic rings. The lowest BCUT2D eigenvalue weighted by molar-refractivity contribution is 0.270. The molecule has 0 aromatic heterocycles. The fourth-order valence-electron chi connectivity index (χ4n) is 3.00. The Morgan fingerprint density at radius 3 is 2.00 bits per heavy atom. The first-order valence-corrected chi connectivity index (χ1v) is 5.25. The number of hydrogen-bond acceptors (Lipinski definition) is 2. The minimum atomic E-state index is 1.00. The molecule has 0 amide bonds. The molecule has 2 aliphatic heterocycles. The Labute approximate surface area is 74.5 Å². The van der Waals surface area contributed by atoms with Crippen LogP contribution in [0.4, 0.5) is 0 Å². The molecular weight excluding hydrogens is 148 g/mol. The summed E-state index contributed by atoms with van der Waals surface area (Å²) in [5.41, 5.74) is 0. The highest BCUT2D eigenvalue weighted by Crippen LogP contribution is 2.37. The lowest BCUT2D eigenvalue weighted by Crippen LogP contribution is -2.28. The summed E-state index contributed by atoms with van der Waals surface area (Å²) >= 11 is 0. The number of likely N-dealkylation sites (tertiary alicyclic amines) is 2. The highest BCUT2D eigenvalue weighted by Gasteiger charge is 2.43. The molecule has 1 saturated carbocycles. The van der Waals surface area contributed by atoms with Gasteiger partial charge in [0.25, 0.3) is 0 Å². The largest absolute Gasteiger partial charge is 0.306 e. The van der Waals surface area contributed by atoms with Gasteiger partial charge in [0.2, 0.25) is 0 Å². The Morgan fingerprint density at radius 1 is 0.917 bits per heavy atom. The number of rotatable bonds is 1. The van der Waals surface area contributed by atoms with Crippen LogP contribution < -0.4 is 0 Å². The molecular formula is C10H18N2. The summed E-state index contributed by atoms with van der Waals surface area (Å²) < 4.78 is 0. The second kappa shape index (κ2) is 2.46. The third-order valence-corrected chi connectivity index (χ3v) is 3.76. The van der Waals surface area contributed by atoms with E-state index in [0.717, 1.165) is 17.9 Å². The fourth-order valence-corrected chi connectivity index (χ4v) is 3.00. The van der Waals surface area contributed by atoms with Crippen LogP contribution in [-0.2, 0) is 0 Å². The third kappa shape index (κ3) is 1.09. The number of nitrogens with zero attached hydrogens (tertiary/aromatic N) is 2. The molecule has 2 saturated heterocycles. The van der Waals surface area contributed by atoms with Crippen LogP contribution >= 0.6 is 0 Å². The molecule has 0 spiro atoms. The minimum absolute atomic E-state index is 1.00. The molecule has 1 aliphatic carbocycles. The molecule has 0 N–H and O–H groups in total. The summed E-state index contributed by atoms with van der Waals surface area (Å²) in [6, 6.07) is 1.00. The van der Waals surface area contributed by atoms with Gasteiger partial charge >= 0.3 is 0 Å². The van der Waals surface area contributed by atoms with Crippen molar-refractivity contribution in [1.82, 2.24) is 9.80 Å². The predicted molar refractivity (Wildman–Crippen MR) is 49.1 cm³/mol. The van der Waals surface area contributed by atoms with Crippen molar-refractivity contribution in [2.24, 2.45) is 11.8 Å². The maximum absolute atomic E-state index is 2.74. The van der Waals surface area contributed by atoms with Crippen molar-refractivity contribution in [2.75, 3.05) is 33.2 Å². The first-order valence-electron chi connectivity index (χ1n) is 5.25. The molecule has 2 heteroatoms. The van der Waals surface area contributed by atoms with E-state index in [1.54, 1.807) is 0 Å². The SMILES string of the molecule is CN1CC2CN(C3CC3)C[C@H]2C1. The zero-order valence-electron chi connectivity index (χ0n) is 7.87. The van der Waals surface area contributed by atoms with Crippen LogP contribution in [0, 0.1) is 11.8 Å². The molecule has 2 atom stereocenters. The second-order valence-electron chi connectivity index (χ2n) is 4.93. The maximum atomic E-state index is 2.74. The monoisotopic (exact) mass is 166 g/mol. The fraction of sp³-hybridized carbons (Fsp3) is 1.00. The highest BCUT2D eigenvalue weighted by atomic mass is 15.3. The van der Waals surface area contributed by atoms with Gasteiger partial charge in [-0.15, -0.1) is 0 Å². The highest BCUT2D eigenvalue weighted by molar-refractivity contribution is 4.97. The summed E-state index contributed by atoms with van der Waals surface area (Å²) in [6.07, 6.45) is 2.96. The van der Waals surface area contributed by atoms with Gasteiger partial charge in [-0.2, -0.15) is 0 Å². The maximum Gasteiger partial charge on any atom is 0.00966 e. The second-order valence-corrected chi connectivity index (χ2v) is 4.93. The number of fused-ring (bicyclic) bond motifs is 1. The molecule has 1 unspecified atom stereocenters. The molecule has 2 heterocycles. The van der Waals surface area contributed by atoms with E-state index < -0.39 is 0 Å². The quantitative estimate of drug-likeness (QED) is 0.564. The summed E-state index contributed by atoms with van der Waals surface area (Å²) in [6.45, 7) is 5.52. The Bertz CT molecular complexity index is 174. The van der Waals surface area contributed by atoms with Gasteiger partial charge < -0.3 is 4.90 Å². The first kappa shape index (κ1) is 7.34. The van der Waals surface area contributed by atoms with Crippen LogP contribution in [0.15, 0.2) is 0 Å². The molecule has 12 heavy (non-hydrogen) atoms. The predicted octanol–water partition coefficient (Wildman–Crippen LogP) is 0.642. The molecule has 3 rings (SSSR count). The van der Waals surface area contributed by atoms with Crippen molar-refractivity contribution in [3.63, 3.8) is 0 Å². The van der Waals surface area contributed by atoms with Crippen LogP contribution in [-0.4, -0.2) is 49.1 Å². The van der Waals surface area contributed by atoms with Crippen molar-refractivity contribution in [3.8, 4) is 0 Å². The van der Waals surface area contributed by atoms with E-state index in [0.29, 0.717) is 0 Å². The van der Waals surface area contributed by atoms with Gasteiger partial charge in [0.15, 0.2) is 0 Å². The molecule has 0 aromatic carbocycles. The van der Waals surface area contributed by atoms with Gasteiger partial charge in [0, 0.05) is 32.2 Å². The molecule has 0 bridgehead atoms. The Hall–Kier alpha value is -0.0800. The Morgan fingerprint density at radius 2 is 1.50 bits per heavy atom. The van der Waals surface area contributed by atoms with Crippen LogP contribution in [0.5, 0.6) is 0 Å². The van der Waals surface area contributed by atoms with Crippen LogP contribution in [0.3, 0.4) is 0 Å². The molecule has 3 fully saturated rings. The van der Waals surface area contributed by atoms with Gasteiger partial charge in [0.05, 0.1) is 0 Å². The average Bonchev–Trinajstić information content (AvgIpc) is 2.69. The Balaban J connectivity index is 1.65. The van der Waals surface area contributed by atoms with Crippen LogP contribution in [0.25, 0.3) is 0 Å². The van der Waals surface area contributed by atoms with E-state index in [1.807, 2.05) is 0 Å². The van der Waals surface area contributed by atoms with Crippen molar-refractivity contribution in [3.05, 3.63) is 0 Å². The first-order chi connectivity index (χ1) is 5.83. The summed E-state index contributed by atoms with van der Waals surface area (Å²) in [5, 5.41) is 0. The van der Waals surface area contributed by atoms with Crippen LogP contribution in [0.1, 0.15) is 12.8 Å². The van der Waals surface area contributed by atoms with E-state index in [4.69, 9.17) is 0 Å². The zero-order valence-corrected chi connectivity index (χ0v) is 7.87. The molecule has 0 radical (unpaired) electrons. The van der Waals surface area contributed by atoms with Gasteiger partial charge in [-0.3, -0.25) is 4.90 Å². The average molecular weight is 166 g/mol. The van der Waals surface area contributed by atoms with Gasteiger partial charge in [-0.05, 0) is 31.7 Å². The van der Waals surface area contributed by atoms with E-state index in [2.05, 4.69) is 16.8 Å². The lowest BCUT2D eigenvalue weighted by Gasteiger charge is -2.17. The normalized spacial score (nSPS) is 43.8. The zero-order chi connectivity index (χ0) is 8.13. The number of hydrogen-bond donors (Lipinski definition) is 0. The summed E-state index contributed by atoms with van der Waals surface area (Å²) in [4.78, 5) is 5.24. The van der Waals surface area contributed by atoms with Crippen molar-refractivity contribution < 1.29 is 0 Å². The van der Waals surface area contributed by atoms with Crippen LogP contribution in [0.2, 0.25) is 0 Å². The van der Waals surface area contributed by atoms with E-state index >= 15 is 0 Å². The molecule has 2 nitrogen and oxygen atoms in total. The van der Waals surface area contributed by atoms with Gasteiger partial charge in [-0.25, -0.2) is 0 Å². The lowest BCUT2D eigenvalue weighted by atomic mass is 10.0. The summed E-state index contributed by atoms with van der Waals surface area (Å²) in [5.74, 6) is 2.02. The standard InChI is InChI=1S/C10H18N2/c1-11-4-8-6-12(10-2-3-10)7-9(8)5-11/h8-10H,2-7H2,1H3/t8-,9?/m1/s1. The molecule has 0 aromatic rings.